The Bertz CT molecular complexity index is 575. The van der Waals surface area contributed by atoms with Gasteiger partial charge in [-0.3, -0.25) is 0 Å². The molecule has 1 aliphatic heterocycles. The van der Waals surface area contributed by atoms with Gasteiger partial charge in [0.1, 0.15) is 0 Å². The van der Waals surface area contributed by atoms with E-state index in [1.807, 2.05) is 11.8 Å². The van der Waals surface area contributed by atoms with Gasteiger partial charge in [0, 0.05) is 26.2 Å². The van der Waals surface area contributed by atoms with Gasteiger partial charge in [-0.15, -0.1) is 0 Å². The van der Waals surface area contributed by atoms with Crippen molar-refractivity contribution in [1.29, 1.82) is 0 Å². The number of likely N-dealkylation sites (tertiary alicyclic amines) is 1. The van der Waals surface area contributed by atoms with Gasteiger partial charge in [0.05, 0.1) is 28.9 Å². The molecule has 25 heavy (non-hydrogen) atoms. The molecule has 1 saturated heterocycles. The first-order valence-corrected chi connectivity index (χ1v) is 8.61. The quantitative estimate of drug-likeness (QED) is 0.795. The monoisotopic (exact) mass is 381 g/mol. The Morgan fingerprint density at radius 2 is 1.96 bits per heavy atom. The molecule has 0 amide bonds. The smallest absolute Gasteiger partial charge is 0.389 e. The molecular formula is C17H23ClF3NO3. The molecule has 8 heteroatoms. The van der Waals surface area contributed by atoms with Crippen molar-refractivity contribution in [3.63, 3.8) is 0 Å². The number of nitrogens with zero attached hydrogens (tertiary/aromatic N) is 1. The van der Waals surface area contributed by atoms with Crippen molar-refractivity contribution >= 4 is 11.6 Å². The zero-order chi connectivity index (χ0) is 18.7. The minimum absolute atomic E-state index is 0.221. The highest BCUT2D eigenvalue weighted by Gasteiger charge is 2.38. The summed E-state index contributed by atoms with van der Waals surface area (Å²) in [5.41, 5.74) is -2.04. The van der Waals surface area contributed by atoms with E-state index in [1.165, 1.54) is 12.1 Å². The number of aliphatic hydroxyl groups is 2. The standard InChI is InChI=1S/C17H23ClF3NO3/c1-2-25-11-13(23)10-22-7-5-16(24,6-8-22)12-3-4-15(18)14(9-12)17(19,20)21/h3-4,9,13,23-24H,2,5-8,10-11H2,1H3. The third-order valence-corrected chi connectivity index (χ3v) is 4.81. The molecule has 1 atom stereocenters. The highest BCUT2D eigenvalue weighted by atomic mass is 35.5. The Morgan fingerprint density at radius 3 is 2.52 bits per heavy atom. The maximum Gasteiger partial charge on any atom is 0.417 e. The molecule has 1 aliphatic rings. The maximum absolute atomic E-state index is 13.0. The molecule has 1 aromatic rings. The second-order valence-corrected chi connectivity index (χ2v) is 6.75. The highest BCUT2D eigenvalue weighted by molar-refractivity contribution is 6.31. The van der Waals surface area contributed by atoms with Crippen molar-refractivity contribution < 1.29 is 28.1 Å². The molecular weight excluding hydrogens is 359 g/mol. The largest absolute Gasteiger partial charge is 0.417 e. The number of rotatable bonds is 6. The SMILES string of the molecule is CCOCC(O)CN1CCC(O)(c2ccc(Cl)c(C(F)(F)F)c2)CC1. The minimum Gasteiger partial charge on any atom is -0.389 e. The summed E-state index contributed by atoms with van der Waals surface area (Å²) in [4.78, 5) is 1.97. The summed E-state index contributed by atoms with van der Waals surface area (Å²) in [6.45, 7) is 3.96. The molecule has 0 aliphatic carbocycles. The van der Waals surface area contributed by atoms with Gasteiger partial charge in [-0.25, -0.2) is 0 Å². The van der Waals surface area contributed by atoms with E-state index in [0.717, 1.165) is 6.07 Å². The van der Waals surface area contributed by atoms with E-state index in [-0.39, 0.29) is 30.0 Å². The number of hydrogen-bond acceptors (Lipinski definition) is 4. The molecule has 1 unspecified atom stereocenters. The molecule has 2 N–H and O–H groups in total. The number of benzene rings is 1. The van der Waals surface area contributed by atoms with Gasteiger partial charge in [-0.2, -0.15) is 13.2 Å². The fourth-order valence-corrected chi connectivity index (χ4v) is 3.26. The number of ether oxygens (including phenoxy) is 1. The van der Waals surface area contributed by atoms with E-state index >= 15 is 0 Å². The number of aliphatic hydroxyl groups excluding tert-OH is 1. The predicted molar refractivity (Wildman–Crippen MR) is 88.5 cm³/mol. The summed E-state index contributed by atoms with van der Waals surface area (Å²) in [6.07, 6.45) is -4.62. The molecule has 4 nitrogen and oxygen atoms in total. The Balaban J connectivity index is 2.03. The second-order valence-electron chi connectivity index (χ2n) is 6.34. The normalized spacial score (nSPS) is 19.8. The number of piperidine rings is 1. The summed E-state index contributed by atoms with van der Waals surface area (Å²) in [5.74, 6) is 0. The summed E-state index contributed by atoms with van der Waals surface area (Å²) >= 11 is 5.64. The van der Waals surface area contributed by atoms with Gasteiger partial charge >= 0.3 is 6.18 Å². The lowest BCUT2D eigenvalue weighted by Gasteiger charge is -2.39. The Hall–Kier alpha value is -0.860. The van der Waals surface area contributed by atoms with Crippen LogP contribution >= 0.6 is 11.6 Å². The first-order chi connectivity index (χ1) is 11.7. The summed E-state index contributed by atoms with van der Waals surface area (Å²) < 4.78 is 44.2. The first-order valence-electron chi connectivity index (χ1n) is 8.23. The lowest BCUT2D eigenvalue weighted by atomic mass is 9.83. The second kappa shape index (κ2) is 8.22. The Kier molecular flexibility index (Phi) is 6.73. The van der Waals surface area contributed by atoms with Crippen LogP contribution in [0.5, 0.6) is 0 Å². The van der Waals surface area contributed by atoms with Crippen molar-refractivity contribution in [3.8, 4) is 0 Å². The van der Waals surface area contributed by atoms with Crippen LogP contribution in [0.1, 0.15) is 30.9 Å². The van der Waals surface area contributed by atoms with Gasteiger partial charge in [0.25, 0.3) is 0 Å². The van der Waals surface area contributed by atoms with Crippen LogP contribution in [0, 0.1) is 0 Å². The average Bonchev–Trinajstić information content (AvgIpc) is 2.54. The van der Waals surface area contributed by atoms with E-state index < -0.39 is 23.4 Å². The van der Waals surface area contributed by atoms with E-state index in [4.69, 9.17) is 16.3 Å². The third kappa shape index (κ3) is 5.31. The minimum atomic E-state index is -4.56. The van der Waals surface area contributed by atoms with Crippen LogP contribution in [0.4, 0.5) is 13.2 Å². The summed E-state index contributed by atoms with van der Waals surface area (Å²) in [5, 5.41) is 20.3. The molecule has 1 heterocycles. The molecule has 0 saturated carbocycles. The van der Waals surface area contributed by atoms with Gasteiger partial charge < -0.3 is 19.8 Å². The van der Waals surface area contributed by atoms with E-state index in [1.54, 1.807) is 0 Å². The summed E-state index contributed by atoms with van der Waals surface area (Å²) in [6, 6.07) is 3.55. The topological polar surface area (TPSA) is 52.9 Å². The zero-order valence-corrected chi connectivity index (χ0v) is 14.8. The van der Waals surface area contributed by atoms with Crippen LogP contribution in [-0.4, -0.2) is 54.1 Å². The highest BCUT2D eigenvalue weighted by Crippen LogP contribution is 2.39. The maximum atomic E-state index is 13.0. The van der Waals surface area contributed by atoms with Crippen LogP contribution in [0.3, 0.4) is 0 Å². The van der Waals surface area contributed by atoms with Crippen LogP contribution < -0.4 is 0 Å². The average molecular weight is 382 g/mol. The van der Waals surface area contributed by atoms with Crippen LogP contribution in [0.15, 0.2) is 18.2 Å². The Morgan fingerprint density at radius 1 is 1.32 bits per heavy atom. The van der Waals surface area contributed by atoms with Crippen LogP contribution in [0.2, 0.25) is 5.02 Å². The van der Waals surface area contributed by atoms with E-state index in [2.05, 4.69) is 0 Å². The molecule has 1 aromatic carbocycles. The first kappa shape index (κ1) is 20.5. The fourth-order valence-electron chi connectivity index (χ4n) is 3.03. The molecule has 0 aromatic heterocycles. The van der Waals surface area contributed by atoms with Crippen molar-refractivity contribution in [1.82, 2.24) is 4.90 Å². The molecule has 1 fully saturated rings. The lowest BCUT2D eigenvalue weighted by molar-refractivity contribution is -0.137. The van der Waals surface area contributed by atoms with Gasteiger partial charge in [-0.05, 0) is 37.5 Å². The number of hydrogen-bond donors (Lipinski definition) is 2. The van der Waals surface area contributed by atoms with Crippen molar-refractivity contribution in [2.24, 2.45) is 0 Å². The van der Waals surface area contributed by atoms with Crippen molar-refractivity contribution in [2.75, 3.05) is 32.8 Å². The van der Waals surface area contributed by atoms with E-state index in [0.29, 0.717) is 26.2 Å². The molecule has 0 bridgehead atoms. The predicted octanol–water partition coefficient (Wildman–Crippen LogP) is 3.04. The molecule has 142 valence electrons. The molecule has 2 rings (SSSR count). The van der Waals surface area contributed by atoms with Crippen molar-refractivity contribution in [3.05, 3.63) is 34.3 Å². The van der Waals surface area contributed by atoms with Crippen LogP contribution in [-0.2, 0) is 16.5 Å². The van der Waals surface area contributed by atoms with Gasteiger partial charge in [0.2, 0.25) is 0 Å². The summed E-state index contributed by atoms with van der Waals surface area (Å²) in [7, 11) is 0. The fraction of sp³-hybridized carbons (Fsp3) is 0.647. The van der Waals surface area contributed by atoms with Gasteiger partial charge in [-0.1, -0.05) is 17.7 Å². The molecule has 0 radical (unpaired) electrons. The van der Waals surface area contributed by atoms with Crippen LogP contribution in [0.25, 0.3) is 0 Å². The lowest BCUT2D eigenvalue weighted by Crippen LogP contribution is -2.45. The van der Waals surface area contributed by atoms with Crippen molar-refractivity contribution in [2.45, 2.75) is 37.6 Å². The third-order valence-electron chi connectivity index (χ3n) is 4.48. The van der Waals surface area contributed by atoms with E-state index in [9.17, 15) is 23.4 Å². The number of β-amino-alcohol motifs (C(OH)–C–C–N with tert-alkyl or cyclic N) is 1. The zero-order valence-electron chi connectivity index (χ0n) is 14.0. The number of alkyl halides is 3. The Labute approximate surface area is 150 Å². The number of halogens is 4. The van der Waals surface area contributed by atoms with Gasteiger partial charge in [0.15, 0.2) is 0 Å². The molecule has 0 spiro atoms.